The van der Waals surface area contributed by atoms with E-state index in [-0.39, 0.29) is 18.7 Å². The van der Waals surface area contributed by atoms with Gasteiger partial charge in [-0.2, -0.15) is 0 Å². The molecule has 0 saturated carbocycles. The molecular weight excluding hydrogens is 396 g/mol. The molecule has 0 radical (unpaired) electrons. The van der Waals surface area contributed by atoms with E-state index in [4.69, 9.17) is 4.74 Å². The van der Waals surface area contributed by atoms with Gasteiger partial charge in [0, 0.05) is 24.4 Å². The van der Waals surface area contributed by atoms with Crippen molar-refractivity contribution in [3.05, 3.63) is 71.4 Å². The van der Waals surface area contributed by atoms with Gasteiger partial charge in [0.1, 0.15) is 11.5 Å². The number of carbonyl (C=O) groups excluding carboxylic acids is 2. The molecule has 2 aromatic carbocycles. The Morgan fingerprint density at radius 1 is 1.17 bits per heavy atom. The molecule has 0 atom stereocenters. The van der Waals surface area contributed by atoms with Gasteiger partial charge in [-0.15, -0.1) is 0 Å². The van der Waals surface area contributed by atoms with Crippen LogP contribution in [0.25, 0.3) is 16.7 Å². The van der Waals surface area contributed by atoms with Crippen LogP contribution in [0, 0.1) is 11.6 Å². The molecule has 0 bridgehead atoms. The highest BCUT2D eigenvalue weighted by atomic mass is 19.2. The minimum atomic E-state index is -1.08. The van der Waals surface area contributed by atoms with Gasteiger partial charge in [0.2, 0.25) is 0 Å². The van der Waals surface area contributed by atoms with Crippen molar-refractivity contribution in [1.82, 2.24) is 4.57 Å². The van der Waals surface area contributed by atoms with Crippen LogP contribution in [0.3, 0.4) is 0 Å². The van der Waals surface area contributed by atoms with Gasteiger partial charge in [-0.25, -0.2) is 13.6 Å². The van der Waals surface area contributed by atoms with Crippen LogP contribution >= 0.6 is 0 Å². The summed E-state index contributed by atoms with van der Waals surface area (Å²) in [6.07, 6.45) is 2.32. The lowest BCUT2D eigenvalue weighted by Gasteiger charge is -2.07. The zero-order valence-corrected chi connectivity index (χ0v) is 16.3. The number of methoxy groups -OCH3 is 1. The van der Waals surface area contributed by atoms with E-state index in [1.165, 1.54) is 13.2 Å². The molecule has 0 saturated heterocycles. The summed E-state index contributed by atoms with van der Waals surface area (Å²) >= 11 is 0. The van der Waals surface area contributed by atoms with E-state index < -0.39 is 29.1 Å². The molecule has 1 heterocycles. The minimum Gasteiger partial charge on any atom is -0.507 e. The minimum absolute atomic E-state index is 0.0283. The van der Waals surface area contributed by atoms with Crippen molar-refractivity contribution < 1.29 is 33.0 Å². The van der Waals surface area contributed by atoms with Gasteiger partial charge >= 0.3 is 5.97 Å². The molecule has 0 spiro atoms. The van der Waals surface area contributed by atoms with E-state index in [1.54, 1.807) is 35.9 Å². The Morgan fingerprint density at radius 3 is 2.60 bits per heavy atom. The quantitative estimate of drug-likeness (QED) is 0.273. The van der Waals surface area contributed by atoms with Crippen LogP contribution in [-0.4, -0.2) is 35.1 Å². The Kier molecular flexibility index (Phi) is 6.15. The summed E-state index contributed by atoms with van der Waals surface area (Å²) in [5.74, 6) is -4.03. The number of ether oxygens (including phenoxy) is 2. The van der Waals surface area contributed by atoms with E-state index >= 15 is 0 Å². The zero-order chi connectivity index (χ0) is 21.8. The molecule has 0 aliphatic carbocycles. The number of ketones is 1. The summed E-state index contributed by atoms with van der Waals surface area (Å²) in [5.41, 5.74) is 1.35. The summed E-state index contributed by atoms with van der Waals surface area (Å²) < 4.78 is 38.5. The number of aliphatic hydroxyl groups is 1. The predicted octanol–water partition coefficient (Wildman–Crippen LogP) is 4.01. The molecule has 0 unspecified atom stereocenters. The van der Waals surface area contributed by atoms with Gasteiger partial charge in [0.05, 0.1) is 24.6 Å². The third-order valence-electron chi connectivity index (χ3n) is 4.45. The highest BCUT2D eigenvalue weighted by Gasteiger charge is 2.19. The van der Waals surface area contributed by atoms with E-state index in [0.717, 1.165) is 18.2 Å². The second-order valence-corrected chi connectivity index (χ2v) is 6.39. The number of rotatable bonds is 7. The largest absolute Gasteiger partial charge is 0.507 e. The summed E-state index contributed by atoms with van der Waals surface area (Å²) in [7, 11) is 1.45. The van der Waals surface area contributed by atoms with Crippen LogP contribution < -0.4 is 4.74 Å². The molecule has 0 amide bonds. The van der Waals surface area contributed by atoms with Crippen molar-refractivity contribution in [2.45, 2.75) is 13.5 Å². The normalized spacial score (nSPS) is 11.5. The number of nitrogens with zero attached hydrogens (tertiary/aromatic N) is 1. The Labute approximate surface area is 170 Å². The molecule has 1 N–H and O–H groups in total. The first-order valence-corrected chi connectivity index (χ1v) is 9.07. The highest BCUT2D eigenvalue weighted by Crippen LogP contribution is 2.34. The number of aliphatic hydroxyl groups excluding tert-OH is 1. The van der Waals surface area contributed by atoms with Crippen LogP contribution in [0.5, 0.6) is 5.75 Å². The molecule has 3 rings (SSSR count). The van der Waals surface area contributed by atoms with Crippen LogP contribution in [0.15, 0.2) is 48.7 Å². The van der Waals surface area contributed by atoms with E-state index in [1.807, 2.05) is 0 Å². The number of benzene rings is 2. The summed E-state index contributed by atoms with van der Waals surface area (Å²) in [6.45, 7) is 1.76. The average molecular weight is 415 g/mol. The fourth-order valence-electron chi connectivity index (χ4n) is 3.11. The number of aromatic nitrogens is 1. The molecule has 3 aromatic rings. The molecule has 0 fully saturated rings. The summed E-state index contributed by atoms with van der Waals surface area (Å²) in [6, 6.07) is 8.73. The Morgan fingerprint density at radius 2 is 1.93 bits per heavy atom. The van der Waals surface area contributed by atoms with Gasteiger partial charge in [-0.05, 0) is 36.8 Å². The van der Waals surface area contributed by atoms with Gasteiger partial charge in [-0.1, -0.05) is 12.1 Å². The molecule has 8 heteroatoms. The number of fused-ring (bicyclic) bond motifs is 1. The third-order valence-corrected chi connectivity index (χ3v) is 4.45. The Bertz CT molecular complexity index is 1150. The second-order valence-electron chi connectivity index (χ2n) is 6.39. The maximum Gasteiger partial charge on any atom is 0.379 e. The number of hydrogen-bond acceptors (Lipinski definition) is 5. The fraction of sp³-hybridized carbons (Fsp3) is 0.182. The van der Waals surface area contributed by atoms with Crippen molar-refractivity contribution in [3.8, 4) is 5.75 Å². The number of carbonyl (C=O) groups is 2. The van der Waals surface area contributed by atoms with Crippen molar-refractivity contribution in [3.63, 3.8) is 0 Å². The fourth-order valence-corrected chi connectivity index (χ4v) is 3.11. The monoisotopic (exact) mass is 415 g/mol. The molecule has 0 aliphatic heterocycles. The van der Waals surface area contributed by atoms with Crippen molar-refractivity contribution in [2.75, 3.05) is 13.7 Å². The first-order chi connectivity index (χ1) is 14.3. The Hall–Kier alpha value is -3.68. The van der Waals surface area contributed by atoms with Crippen molar-refractivity contribution in [1.29, 1.82) is 0 Å². The average Bonchev–Trinajstić information content (AvgIpc) is 3.09. The van der Waals surface area contributed by atoms with Crippen molar-refractivity contribution >= 4 is 28.4 Å². The van der Waals surface area contributed by atoms with Crippen LogP contribution in [0.4, 0.5) is 8.78 Å². The smallest absolute Gasteiger partial charge is 0.379 e. The van der Waals surface area contributed by atoms with Crippen LogP contribution in [0.1, 0.15) is 18.1 Å². The number of esters is 1. The van der Waals surface area contributed by atoms with Gasteiger partial charge in [-0.3, -0.25) is 4.79 Å². The lowest BCUT2D eigenvalue weighted by atomic mass is 10.1. The van der Waals surface area contributed by atoms with E-state index in [2.05, 4.69) is 4.74 Å². The molecular formula is C22H19F2NO5. The SMILES string of the molecule is CCOC(=O)C(=O)/C=C(\O)c1cn(Cc2ccc(F)c(F)c2)c2cccc(OC)c12. The molecule has 156 valence electrons. The summed E-state index contributed by atoms with van der Waals surface area (Å²) in [4.78, 5) is 23.5. The maximum absolute atomic E-state index is 13.6. The molecule has 30 heavy (non-hydrogen) atoms. The topological polar surface area (TPSA) is 77.8 Å². The maximum atomic E-state index is 13.6. The van der Waals surface area contributed by atoms with Crippen LogP contribution in [-0.2, 0) is 20.9 Å². The van der Waals surface area contributed by atoms with Gasteiger partial charge < -0.3 is 19.1 Å². The van der Waals surface area contributed by atoms with Crippen molar-refractivity contribution in [2.24, 2.45) is 0 Å². The first-order valence-electron chi connectivity index (χ1n) is 9.07. The lowest BCUT2D eigenvalue weighted by molar-refractivity contribution is -0.151. The Balaban J connectivity index is 2.09. The molecule has 0 aliphatic rings. The molecule has 1 aromatic heterocycles. The predicted molar refractivity (Wildman–Crippen MR) is 106 cm³/mol. The number of hydrogen-bond donors (Lipinski definition) is 1. The summed E-state index contributed by atoms with van der Waals surface area (Å²) in [5, 5.41) is 11.0. The zero-order valence-electron chi connectivity index (χ0n) is 16.3. The second kappa shape index (κ2) is 8.77. The van der Waals surface area contributed by atoms with Gasteiger partial charge in [0.25, 0.3) is 5.78 Å². The third kappa shape index (κ3) is 4.17. The first kappa shape index (κ1) is 21.0. The van der Waals surface area contributed by atoms with E-state index in [0.29, 0.717) is 22.2 Å². The number of halogens is 2. The lowest BCUT2D eigenvalue weighted by Crippen LogP contribution is -2.15. The van der Waals surface area contributed by atoms with Gasteiger partial charge in [0.15, 0.2) is 11.6 Å². The highest BCUT2D eigenvalue weighted by molar-refractivity contribution is 6.39. The van der Waals surface area contributed by atoms with E-state index in [9.17, 15) is 23.5 Å². The van der Waals surface area contributed by atoms with Crippen LogP contribution in [0.2, 0.25) is 0 Å². The standard InChI is InChI=1S/C22H19F2NO5/c1-3-30-22(28)19(27)10-18(26)14-12-25(11-13-7-8-15(23)16(24)9-13)17-5-4-6-20(29-2)21(14)17/h4-10,12,26H,3,11H2,1-2H3/b18-10-. The molecule has 6 nitrogen and oxygen atoms in total.